The SMILES string of the molecule is CNC(C)Cc1noc(-c2ccc(S(=O)(=O)N3CC(C)OC(C)C3)cc2)n1. The number of nitrogens with one attached hydrogen (secondary N) is 1. The number of likely N-dealkylation sites (N-methyl/N-ethyl adjacent to an activating group) is 1. The normalized spacial score (nSPS) is 22.7. The topological polar surface area (TPSA) is 97.6 Å². The zero-order chi connectivity index (χ0) is 19.6. The quantitative estimate of drug-likeness (QED) is 0.796. The smallest absolute Gasteiger partial charge is 0.257 e. The number of nitrogens with zero attached hydrogens (tertiary/aromatic N) is 3. The molecule has 0 saturated carbocycles. The van der Waals surface area contributed by atoms with Crippen LogP contribution in [0.15, 0.2) is 33.7 Å². The number of ether oxygens (including phenoxy) is 1. The number of morpholine rings is 1. The van der Waals surface area contributed by atoms with E-state index in [4.69, 9.17) is 9.26 Å². The third-order valence-corrected chi connectivity index (χ3v) is 6.42. The molecule has 3 atom stereocenters. The van der Waals surface area contributed by atoms with Crippen molar-refractivity contribution in [1.82, 2.24) is 19.8 Å². The predicted octanol–water partition coefficient (Wildman–Crippen LogP) is 1.68. The van der Waals surface area contributed by atoms with Gasteiger partial charge in [0.2, 0.25) is 10.0 Å². The number of sulfonamides is 1. The zero-order valence-electron chi connectivity index (χ0n) is 16.0. The van der Waals surface area contributed by atoms with Crippen LogP contribution in [0.3, 0.4) is 0 Å². The van der Waals surface area contributed by atoms with Crippen LogP contribution in [-0.2, 0) is 21.2 Å². The largest absolute Gasteiger partial charge is 0.373 e. The molecular formula is C18H26N4O4S. The molecule has 1 aliphatic heterocycles. The van der Waals surface area contributed by atoms with Crippen LogP contribution in [0.1, 0.15) is 26.6 Å². The minimum absolute atomic E-state index is 0.125. The fourth-order valence-corrected chi connectivity index (χ4v) is 4.67. The molecule has 2 aromatic rings. The minimum atomic E-state index is -3.56. The molecule has 1 fully saturated rings. The summed E-state index contributed by atoms with van der Waals surface area (Å²) in [5.41, 5.74) is 0.688. The second-order valence-electron chi connectivity index (χ2n) is 7.01. The van der Waals surface area contributed by atoms with E-state index in [1.807, 2.05) is 27.8 Å². The minimum Gasteiger partial charge on any atom is -0.373 e. The van der Waals surface area contributed by atoms with E-state index in [1.165, 1.54) is 4.31 Å². The maximum atomic E-state index is 12.9. The van der Waals surface area contributed by atoms with Crippen LogP contribution in [-0.4, -0.2) is 61.3 Å². The molecule has 1 saturated heterocycles. The van der Waals surface area contributed by atoms with Crippen molar-refractivity contribution < 1.29 is 17.7 Å². The van der Waals surface area contributed by atoms with E-state index >= 15 is 0 Å². The number of hydrogen-bond acceptors (Lipinski definition) is 7. The van der Waals surface area contributed by atoms with E-state index in [1.54, 1.807) is 24.3 Å². The maximum Gasteiger partial charge on any atom is 0.257 e. The average molecular weight is 394 g/mol. The van der Waals surface area contributed by atoms with Gasteiger partial charge in [0.1, 0.15) is 0 Å². The Balaban J connectivity index is 1.77. The van der Waals surface area contributed by atoms with Gasteiger partial charge in [-0.2, -0.15) is 9.29 Å². The highest BCUT2D eigenvalue weighted by molar-refractivity contribution is 7.89. The van der Waals surface area contributed by atoms with Crippen LogP contribution in [0.5, 0.6) is 0 Å². The summed E-state index contributed by atoms with van der Waals surface area (Å²) in [6, 6.07) is 6.78. The highest BCUT2D eigenvalue weighted by Gasteiger charge is 2.32. The van der Waals surface area contributed by atoms with Gasteiger partial charge in [0.05, 0.1) is 17.1 Å². The van der Waals surface area contributed by atoms with E-state index in [9.17, 15) is 8.42 Å². The molecule has 0 bridgehead atoms. The molecule has 148 valence electrons. The monoisotopic (exact) mass is 394 g/mol. The highest BCUT2D eigenvalue weighted by atomic mass is 32.2. The van der Waals surface area contributed by atoms with E-state index in [2.05, 4.69) is 15.5 Å². The molecule has 9 heteroatoms. The van der Waals surface area contributed by atoms with Crippen LogP contribution >= 0.6 is 0 Å². The molecule has 0 amide bonds. The fourth-order valence-electron chi connectivity index (χ4n) is 3.08. The Hall–Kier alpha value is -1.81. The molecule has 1 aromatic heterocycles. The van der Waals surface area contributed by atoms with Crippen molar-refractivity contribution in [3.05, 3.63) is 30.1 Å². The Labute approximate surface area is 160 Å². The predicted molar refractivity (Wildman–Crippen MR) is 101 cm³/mol. The van der Waals surface area contributed by atoms with Gasteiger partial charge >= 0.3 is 0 Å². The van der Waals surface area contributed by atoms with Gasteiger partial charge in [0.25, 0.3) is 5.89 Å². The number of benzene rings is 1. The highest BCUT2D eigenvalue weighted by Crippen LogP contribution is 2.24. The summed E-state index contributed by atoms with van der Waals surface area (Å²) in [5, 5.41) is 7.10. The van der Waals surface area contributed by atoms with Gasteiger partial charge in [-0.1, -0.05) is 5.16 Å². The summed E-state index contributed by atoms with van der Waals surface area (Å²) in [6.07, 6.45) is 0.402. The third kappa shape index (κ3) is 4.55. The lowest BCUT2D eigenvalue weighted by Gasteiger charge is -2.34. The van der Waals surface area contributed by atoms with Crippen LogP contribution in [0.4, 0.5) is 0 Å². The molecular weight excluding hydrogens is 368 g/mol. The molecule has 3 unspecified atom stereocenters. The van der Waals surface area contributed by atoms with Crippen molar-refractivity contribution >= 4 is 10.0 Å². The Kier molecular flexibility index (Phi) is 5.95. The van der Waals surface area contributed by atoms with Gasteiger partial charge in [-0.3, -0.25) is 0 Å². The van der Waals surface area contributed by atoms with Crippen molar-refractivity contribution in [3.8, 4) is 11.5 Å². The van der Waals surface area contributed by atoms with Crippen molar-refractivity contribution in [2.75, 3.05) is 20.1 Å². The van der Waals surface area contributed by atoms with Crippen LogP contribution < -0.4 is 5.32 Å². The maximum absolute atomic E-state index is 12.9. The van der Waals surface area contributed by atoms with Crippen molar-refractivity contribution in [3.63, 3.8) is 0 Å². The summed E-state index contributed by atoms with van der Waals surface area (Å²) < 4.78 is 38.2. The van der Waals surface area contributed by atoms with Gasteiger partial charge < -0.3 is 14.6 Å². The Morgan fingerprint density at radius 1 is 1.22 bits per heavy atom. The molecule has 1 N–H and O–H groups in total. The summed E-state index contributed by atoms with van der Waals surface area (Å²) >= 11 is 0. The Morgan fingerprint density at radius 3 is 2.44 bits per heavy atom. The Morgan fingerprint density at radius 2 is 1.85 bits per heavy atom. The summed E-state index contributed by atoms with van der Waals surface area (Å²) in [5.74, 6) is 0.991. The second kappa shape index (κ2) is 8.05. The molecule has 0 aliphatic carbocycles. The van der Waals surface area contributed by atoms with Crippen molar-refractivity contribution in [2.45, 2.75) is 50.3 Å². The van der Waals surface area contributed by atoms with E-state index in [0.29, 0.717) is 36.8 Å². The van der Waals surface area contributed by atoms with Crippen LogP contribution in [0, 0.1) is 0 Å². The molecule has 8 nitrogen and oxygen atoms in total. The van der Waals surface area contributed by atoms with Crippen molar-refractivity contribution in [2.24, 2.45) is 0 Å². The molecule has 27 heavy (non-hydrogen) atoms. The van der Waals surface area contributed by atoms with Gasteiger partial charge in [-0.15, -0.1) is 0 Å². The lowest BCUT2D eigenvalue weighted by molar-refractivity contribution is -0.0440. The first-order chi connectivity index (χ1) is 12.8. The molecule has 1 aromatic carbocycles. The zero-order valence-corrected chi connectivity index (χ0v) is 16.9. The van der Waals surface area contributed by atoms with Gasteiger partial charge in [0.15, 0.2) is 5.82 Å². The third-order valence-electron chi connectivity index (χ3n) is 4.57. The molecule has 1 aliphatic rings. The van der Waals surface area contributed by atoms with E-state index in [-0.39, 0.29) is 23.1 Å². The van der Waals surface area contributed by atoms with Crippen molar-refractivity contribution in [1.29, 1.82) is 0 Å². The van der Waals surface area contributed by atoms with Gasteiger partial charge in [-0.05, 0) is 52.1 Å². The average Bonchev–Trinajstić information content (AvgIpc) is 3.09. The standard InChI is InChI=1S/C18H26N4O4S/c1-12(19-4)9-17-20-18(26-21-17)15-5-7-16(8-6-15)27(23,24)22-10-13(2)25-14(3)11-22/h5-8,12-14,19H,9-11H2,1-4H3. The first kappa shape index (κ1) is 19.9. The molecule has 0 radical (unpaired) electrons. The summed E-state index contributed by atoms with van der Waals surface area (Å²) in [6.45, 7) is 6.49. The van der Waals surface area contributed by atoms with E-state index in [0.717, 1.165) is 0 Å². The van der Waals surface area contributed by atoms with Gasteiger partial charge in [-0.25, -0.2) is 8.42 Å². The molecule has 3 rings (SSSR count). The van der Waals surface area contributed by atoms with Crippen LogP contribution in [0.25, 0.3) is 11.5 Å². The fraction of sp³-hybridized carbons (Fsp3) is 0.556. The summed E-state index contributed by atoms with van der Waals surface area (Å²) in [7, 11) is -1.69. The lowest BCUT2D eigenvalue weighted by atomic mass is 10.2. The van der Waals surface area contributed by atoms with E-state index < -0.39 is 10.0 Å². The molecule has 2 heterocycles. The van der Waals surface area contributed by atoms with Crippen LogP contribution in [0.2, 0.25) is 0 Å². The number of aromatic nitrogens is 2. The summed E-state index contributed by atoms with van der Waals surface area (Å²) in [4.78, 5) is 4.62. The first-order valence-electron chi connectivity index (χ1n) is 9.05. The second-order valence-corrected chi connectivity index (χ2v) is 8.95. The van der Waals surface area contributed by atoms with Gasteiger partial charge in [0, 0.05) is 31.1 Å². The molecule has 0 spiro atoms. The Bertz CT molecular complexity index is 856. The first-order valence-corrected chi connectivity index (χ1v) is 10.5. The number of rotatable bonds is 6. The number of hydrogen-bond donors (Lipinski definition) is 1. The lowest BCUT2D eigenvalue weighted by Crippen LogP contribution is -2.48.